The SMILES string of the molecule is [B]B([B])B([B])B(B(B([B])[B])B([B])[B])B(B(B([B])[B])B([B])[B])B(B(B(B([B])[B])B([B])[B])B(B([B])[B])B([B])[B])B(B(B([B])[B])B([B])[B])B(B([B])[B])B([B])[B]. The van der Waals surface area contributed by atoms with Crippen LogP contribution in [0.1, 0.15) is 0 Å². The van der Waals surface area contributed by atoms with Gasteiger partial charge in [-0.2, -0.15) is 0 Å². The molecule has 0 heterocycles. The van der Waals surface area contributed by atoms with E-state index in [0.29, 0.717) is 0 Å². The molecule has 0 rings (SSSR count). The summed E-state index contributed by atoms with van der Waals surface area (Å²) in [5, 5.41) is 0. The van der Waals surface area contributed by atoms with E-state index in [-0.39, 0.29) is 0 Å². The van der Waals surface area contributed by atoms with E-state index in [1.54, 1.807) is 0 Å². The Hall–Kier alpha value is 3.38. The van der Waals surface area contributed by atoms with Gasteiger partial charge in [-0.1, -0.05) is 0 Å². The number of hydrogen-bond acceptors (Lipinski definition) is 0. The summed E-state index contributed by atoms with van der Waals surface area (Å²) in [4.78, 5) is 0. The molecule has 54 radical (unpaired) electrons. The van der Waals surface area contributed by atoms with Gasteiger partial charge in [0.15, 0.2) is 0 Å². The molecule has 0 aliphatic rings. The molecule has 0 nitrogen and oxygen atoms in total. The maximum atomic E-state index is 6.87. The van der Waals surface area contributed by atoms with Crippen LogP contribution in [-0.4, -0.2) is 369 Å². The van der Waals surface area contributed by atoms with Crippen LogP contribution in [0.3, 0.4) is 0 Å². The zero-order valence-corrected chi connectivity index (χ0v) is 30.0. The molecule has 0 atom stereocenters. The molecule has 156 valence electrons. The molecule has 52 heavy (non-hydrogen) atoms. The van der Waals surface area contributed by atoms with Gasteiger partial charge < -0.3 is 0 Å². The standard InChI is InChI=1S/B52/c1-28(2)41(27)48(42(29(3)4)30(5)6)51(47(39(23)24)40(25)26)52(49(43(31(7)8)32(9)10)44(33(11)12)34(13)14)50(45(35(15)16)36(17)18)46(37(19)20)38(21)22. The third-order valence-corrected chi connectivity index (χ3v) is 10.7. The predicted octanol–water partition coefficient (Wildman–Crippen LogP) is -19.8. The first-order valence-electron chi connectivity index (χ1n) is 17.0. The Balaban J connectivity index is 9.73. The summed E-state index contributed by atoms with van der Waals surface area (Å²) in [5.41, 5.74) is 0. The van der Waals surface area contributed by atoms with E-state index in [0.717, 1.165) is 0 Å². The van der Waals surface area contributed by atoms with Gasteiger partial charge >= 0.3 is 0 Å². The highest BCUT2D eigenvalue weighted by Crippen LogP contribution is 2.22. The van der Waals surface area contributed by atoms with Crippen LogP contribution in [0.15, 0.2) is 0 Å². The van der Waals surface area contributed by atoms with Gasteiger partial charge in [-0.25, -0.2) is 0 Å². The second-order valence-electron chi connectivity index (χ2n) is 14.4. The molecule has 0 aliphatic carbocycles. The highest BCUT2D eigenvalue weighted by molar-refractivity contribution is 8.36. The van der Waals surface area contributed by atoms with Crippen molar-refractivity contribution in [2.75, 3.05) is 0 Å². The minimum atomic E-state index is -1.40. The fraction of sp³-hybridized carbons (Fsp3) is 0. The van der Waals surface area contributed by atoms with E-state index in [1.807, 2.05) is 0 Å². The second kappa shape index (κ2) is 25.2. The Morgan fingerprint density at radius 2 is 0.231 bits per heavy atom. The van der Waals surface area contributed by atoms with Gasteiger partial charge in [-0.05, 0) is 0 Å². The van der Waals surface area contributed by atoms with Crippen LogP contribution in [0.5, 0.6) is 0 Å². The van der Waals surface area contributed by atoms with E-state index in [1.165, 1.54) is 0 Å². The third-order valence-electron chi connectivity index (χ3n) is 10.7. The molecule has 0 aromatic carbocycles. The van der Waals surface area contributed by atoms with E-state index in [4.69, 9.17) is 209 Å². The lowest BCUT2D eigenvalue weighted by Crippen LogP contribution is -2.95. The zero-order valence-electron chi connectivity index (χ0n) is 30.0. The average Bonchev–Trinajstić information content (AvgIpc) is 2.92. The van der Waals surface area contributed by atoms with Crippen molar-refractivity contribution in [1.29, 1.82) is 0 Å². The smallest absolute Gasteiger partial charge is 0 e. The number of rotatable bonds is 24. The van der Waals surface area contributed by atoms with Crippen molar-refractivity contribution in [2.45, 2.75) is 0 Å². The summed E-state index contributed by atoms with van der Waals surface area (Å²) in [7, 11) is 174. The fourth-order valence-corrected chi connectivity index (χ4v) is 8.72. The average molecular weight is 562 g/mol. The van der Waals surface area contributed by atoms with Crippen LogP contribution in [0, 0.1) is 0 Å². The summed E-state index contributed by atoms with van der Waals surface area (Å²) >= 11 is 0. The van der Waals surface area contributed by atoms with Gasteiger partial charge in [0.1, 0.15) is 0 Å². The zero-order chi connectivity index (χ0) is 41.4. The molecule has 0 fully saturated rings. The monoisotopic (exact) mass is 572 g/mol. The van der Waals surface area contributed by atoms with Crippen molar-refractivity contribution in [3.05, 3.63) is 0 Å². The van der Waals surface area contributed by atoms with Gasteiger partial charge in [-0.3, -0.25) is 0 Å². The molecule has 0 aliphatic heterocycles. The molecule has 0 spiro atoms. The van der Waals surface area contributed by atoms with Gasteiger partial charge in [0.2, 0.25) is 0 Å². The number of hydrogen-bond donors (Lipinski definition) is 0. The molecule has 0 aromatic rings. The van der Waals surface area contributed by atoms with E-state index >= 15 is 0 Å². The molecule has 0 N–H and O–H groups in total. The lowest BCUT2D eigenvalue weighted by molar-refractivity contribution is 3.18. The van der Waals surface area contributed by atoms with Crippen molar-refractivity contribution in [3.8, 4) is 0 Å². The van der Waals surface area contributed by atoms with Gasteiger partial charge in [0.05, 0.1) is 0 Å². The maximum absolute atomic E-state index is 6.87. The maximum Gasteiger partial charge on any atom is 0 e. The van der Waals surface area contributed by atoms with E-state index in [9.17, 15) is 0 Å². The molecule has 0 saturated heterocycles. The second-order valence-corrected chi connectivity index (χ2v) is 14.4. The Morgan fingerprint density at radius 3 is 0.365 bits per heavy atom. The normalized spacial score (nSPS) is 9.69. The van der Waals surface area contributed by atoms with Crippen molar-refractivity contribution in [3.63, 3.8) is 0 Å². The molecule has 0 amide bonds. The predicted molar refractivity (Wildman–Crippen MR) is 299 cm³/mol. The van der Waals surface area contributed by atoms with E-state index in [2.05, 4.69) is 0 Å². The van der Waals surface area contributed by atoms with E-state index < -0.39 is 160 Å². The Labute approximate surface area is 365 Å². The minimum absolute atomic E-state index is 1.19. The Kier molecular flexibility index (Phi) is 26.9. The summed E-state index contributed by atoms with van der Waals surface area (Å²) in [6.07, 6.45) is -33.0. The lowest BCUT2D eigenvalue weighted by atomic mass is 8.24. The lowest BCUT2D eigenvalue weighted by Gasteiger charge is -2.57. The Bertz CT molecular complexity index is 776. The summed E-state index contributed by atoms with van der Waals surface area (Å²) in [5.74, 6) is 0. The van der Waals surface area contributed by atoms with Gasteiger partial charge in [0, 0.05) is 369 Å². The van der Waals surface area contributed by atoms with Crippen LogP contribution in [-0.2, 0) is 0 Å². The molecule has 52 heteroatoms. The first kappa shape index (κ1) is 55.4. The van der Waals surface area contributed by atoms with Crippen LogP contribution in [0.2, 0.25) is 0 Å². The summed E-state index contributed by atoms with van der Waals surface area (Å²) in [6.45, 7) is 0. The van der Waals surface area contributed by atoms with Crippen molar-refractivity contribution in [2.24, 2.45) is 0 Å². The fourth-order valence-electron chi connectivity index (χ4n) is 8.72. The first-order valence-corrected chi connectivity index (χ1v) is 17.0. The quantitative estimate of drug-likeness (QED) is 0.103. The molecular weight excluding hydrogens is 562 g/mol. The molecule has 0 bridgehead atoms. The molecule has 0 saturated carbocycles. The largest absolute Gasteiger partial charge is 0 e. The molecule has 0 aromatic heterocycles. The van der Waals surface area contributed by atoms with Gasteiger partial charge in [-0.15, -0.1) is 0 Å². The molecular formula is B52. The van der Waals surface area contributed by atoms with Crippen molar-refractivity contribution >= 4 is 369 Å². The van der Waals surface area contributed by atoms with Crippen LogP contribution in [0.4, 0.5) is 0 Å². The summed E-state index contributed by atoms with van der Waals surface area (Å²) < 4.78 is 0. The van der Waals surface area contributed by atoms with Crippen LogP contribution < -0.4 is 0 Å². The molecule has 0 unspecified atom stereocenters. The van der Waals surface area contributed by atoms with Crippen molar-refractivity contribution in [1.82, 2.24) is 0 Å². The highest BCUT2D eigenvalue weighted by atomic mass is 13.4. The van der Waals surface area contributed by atoms with Gasteiger partial charge in [0.25, 0.3) is 0 Å². The van der Waals surface area contributed by atoms with Crippen molar-refractivity contribution < 1.29 is 0 Å². The Morgan fingerprint density at radius 1 is 0.115 bits per heavy atom. The van der Waals surface area contributed by atoms with Crippen LogP contribution >= 0.6 is 0 Å². The minimum Gasteiger partial charge on any atom is 0 e. The third kappa shape index (κ3) is 14.8. The highest BCUT2D eigenvalue weighted by Gasteiger charge is 2.60. The summed E-state index contributed by atoms with van der Waals surface area (Å²) in [6, 6.07) is 0. The first-order chi connectivity index (χ1) is 23.6. The topological polar surface area (TPSA) is 0 Å². The van der Waals surface area contributed by atoms with Crippen LogP contribution in [0.25, 0.3) is 0 Å².